The van der Waals surface area contributed by atoms with Crippen molar-refractivity contribution in [2.24, 2.45) is 0 Å². The lowest BCUT2D eigenvalue weighted by molar-refractivity contribution is 0.338. The highest BCUT2D eigenvalue weighted by Gasteiger charge is 2.31. The number of rotatable bonds is 5. The number of aliphatic hydroxyl groups excluding tert-OH is 2. The fraction of sp³-hybridized carbons (Fsp3) is 0.0690. The maximum Gasteiger partial charge on any atom is 0.176 e. The van der Waals surface area contributed by atoms with Crippen molar-refractivity contribution in [2.45, 2.75) is 0 Å². The van der Waals surface area contributed by atoms with Crippen LogP contribution >= 0.6 is 7.14 Å². The van der Waals surface area contributed by atoms with Gasteiger partial charge in [-0.3, -0.25) is 0 Å². The van der Waals surface area contributed by atoms with Gasteiger partial charge in [0.1, 0.15) is 6.61 Å². The third-order valence-electron chi connectivity index (χ3n) is 5.38. The molecule has 0 saturated carbocycles. The molecule has 162 valence electrons. The van der Waals surface area contributed by atoms with E-state index in [0.717, 1.165) is 21.9 Å². The van der Waals surface area contributed by atoms with Gasteiger partial charge in [0.05, 0.1) is 11.9 Å². The summed E-state index contributed by atoms with van der Waals surface area (Å²) in [4.78, 5) is 0. The van der Waals surface area contributed by atoms with E-state index in [0.29, 0.717) is 15.9 Å². The van der Waals surface area contributed by atoms with Crippen LogP contribution in [0.2, 0.25) is 0 Å². The SMILES string of the molecule is O=P(C(=C=Cc1cc2ccccc2cc1C#CCO)CO)(c1ccccc1)c1ccccc1. The summed E-state index contributed by atoms with van der Waals surface area (Å²) in [5.74, 6) is 5.69. The fourth-order valence-electron chi connectivity index (χ4n) is 3.75. The molecule has 0 fully saturated rings. The van der Waals surface area contributed by atoms with Crippen LogP contribution < -0.4 is 10.6 Å². The molecule has 0 spiro atoms. The van der Waals surface area contributed by atoms with Crippen LogP contribution in [0.25, 0.3) is 16.8 Å². The van der Waals surface area contributed by atoms with Gasteiger partial charge in [0.25, 0.3) is 0 Å². The van der Waals surface area contributed by atoms with Crippen LogP contribution in [0.1, 0.15) is 11.1 Å². The molecule has 0 atom stereocenters. The molecule has 0 saturated heterocycles. The molecular formula is C29H23O3P. The van der Waals surface area contributed by atoms with Crippen molar-refractivity contribution in [1.82, 2.24) is 0 Å². The largest absolute Gasteiger partial charge is 0.391 e. The number of benzene rings is 4. The Labute approximate surface area is 193 Å². The molecule has 0 aliphatic carbocycles. The predicted molar refractivity (Wildman–Crippen MR) is 136 cm³/mol. The van der Waals surface area contributed by atoms with E-state index in [1.54, 1.807) is 6.08 Å². The molecule has 4 aromatic carbocycles. The normalized spacial score (nSPS) is 10.7. The van der Waals surface area contributed by atoms with E-state index in [1.807, 2.05) is 97.1 Å². The summed E-state index contributed by atoms with van der Waals surface area (Å²) in [5, 5.41) is 23.1. The lowest BCUT2D eigenvalue weighted by Gasteiger charge is -2.20. The van der Waals surface area contributed by atoms with Crippen LogP contribution in [0, 0.1) is 11.8 Å². The van der Waals surface area contributed by atoms with Crippen molar-refractivity contribution in [1.29, 1.82) is 0 Å². The molecule has 3 nitrogen and oxygen atoms in total. The molecule has 0 unspecified atom stereocenters. The van der Waals surface area contributed by atoms with Crippen molar-refractivity contribution in [2.75, 3.05) is 13.2 Å². The van der Waals surface area contributed by atoms with Gasteiger partial charge < -0.3 is 14.8 Å². The quantitative estimate of drug-likeness (QED) is 0.264. The first-order valence-corrected chi connectivity index (χ1v) is 12.3. The van der Waals surface area contributed by atoms with Crippen LogP contribution in [-0.4, -0.2) is 23.4 Å². The second-order valence-corrected chi connectivity index (χ2v) is 10.2. The minimum absolute atomic E-state index is 0.245. The second-order valence-electron chi connectivity index (χ2n) is 7.42. The molecule has 4 heteroatoms. The summed E-state index contributed by atoms with van der Waals surface area (Å²) in [5.41, 5.74) is 4.65. The third kappa shape index (κ3) is 4.76. The lowest BCUT2D eigenvalue weighted by atomic mass is 10.0. The average molecular weight is 450 g/mol. The van der Waals surface area contributed by atoms with E-state index in [2.05, 4.69) is 17.6 Å². The predicted octanol–water partition coefficient (Wildman–Crippen LogP) is 4.69. The standard InChI is InChI=1S/C29H23O3P/c30-19-9-12-25-20-23-10-7-8-11-24(23)21-26(25)17-18-29(22-31)33(32,27-13-3-1-4-14-27)28-15-5-2-6-16-28/h1-8,10-11,13-17,20-21,30-31H,19,22H2. The molecule has 0 heterocycles. The summed E-state index contributed by atoms with van der Waals surface area (Å²) in [7, 11) is -3.31. The van der Waals surface area contributed by atoms with Gasteiger partial charge in [0, 0.05) is 16.2 Å². The lowest BCUT2D eigenvalue weighted by Crippen LogP contribution is -2.18. The van der Waals surface area contributed by atoms with Crippen molar-refractivity contribution < 1.29 is 14.8 Å². The van der Waals surface area contributed by atoms with Crippen LogP contribution in [0.3, 0.4) is 0 Å². The average Bonchev–Trinajstić information content (AvgIpc) is 2.88. The van der Waals surface area contributed by atoms with E-state index in [4.69, 9.17) is 0 Å². The summed E-state index contributed by atoms with van der Waals surface area (Å²) in [6.45, 7) is -0.645. The fourth-order valence-corrected chi connectivity index (χ4v) is 6.31. The Morgan fingerprint density at radius 2 is 1.33 bits per heavy atom. The van der Waals surface area contributed by atoms with E-state index < -0.39 is 13.7 Å². The van der Waals surface area contributed by atoms with Crippen LogP contribution in [0.4, 0.5) is 0 Å². The first-order valence-electron chi connectivity index (χ1n) is 10.6. The Bertz CT molecular complexity index is 1390. The van der Waals surface area contributed by atoms with Crippen LogP contribution in [0.15, 0.2) is 108 Å². The van der Waals surface area contributed by atoms with Crippen molar-refractivity contribution in [3.05, 3.63) is 119 Å². The third-order valence-corrected chi connectivity index (χ3v) is 8.47. The van der Waals surface area contributed by atoms with Gasteiger partial charge >= 0.3 is 0 Å². The van der Waals surface area contributed by atoms with Crippen molar-refractivity contribution in [3.8, 4) is 11.8 Å². The molecule has 33 heavy (non-hydrogen) atoms. The maximum absolute atomic E-state index is 14.5. The zero-order valence-electron chi connectivity index (χ0n) is 18.0. The maximum atomic E-state index is 14.5. The Morgan fingerprint density at radius 3 is 1.88 bits per heavy atom. The smallest absolute Gasteiger partial charge is 0.176 e. The van der Waals surface area contributed by atoms with E-state index in [9.17, 15) is 14.8 Å². The molecule has 2 N–H and O–H groups in total. The second kappa shape index (κ2) is 10.3. The summed E-state index contributed by atoms with van der Waals surface area (Å²) >= 11 is 0. The van der Waals surface area contributed by atoms with Crippen molar-refractivity contribution in [3.63, 3.8) is 0 Å². The van der Waals surface area contributed by atoms with Crippen LogP contribution in [-0.2, 0) is 4.57 Å². The Kier molecular flexibility index (Phi) is 7.06. The van der Waals surface area contributed by atoms with Gasteiger partial charge in [-0.2, -0.15) is 0 Å². The van der Waals surface area contributed by atoms with Gasteiger partial charge in [-0.1, -0.05) is 96.8 Å². The highest BCUT2D eigenvalue weighted by Crippen LogP contribution is 2.51. The highest BCUT2D eigenvalue weighted by atomic mass is 31.2. The summed E-state index contributed by atoms with van der Waals surface area (Å²) < 4.78 is 14.5. The van der Waals surface area contributed by atoms with Gasteiger partial charge in [-0.05, 0) is 34.5 Å². The molecule has 0 aliphatic heterocycles. The van der Waals surface area contributed by atoms with Crippen molar-refractivity contribution >= 4 is 34.6 Å². The first-order chi connectivity index (χ1) is 16.2. The molecule has 0 radical (unpaired) electrons. The number of hydrogen-bond acceptors (Lipinski definition) is 3. The number of hydrogen-bond donors (Lipinski definition) is 2. The summed E-state index contributed by atoms with van der Waals surface area (Å²) in [6, 6.07) is 30.3. The number of fused-ring (bicyclic) bond motifs is 1. The Hall–Kier alpha value is -3.63. The topological polar surface area (TPSA) is 57.5 Å². The minimum atomic E-state index is -3.31. The molecule has 4 aromatic rings. The van der Waals surface area contributed by atoms with Gasteiger partial charge in [0.2, 0.25) is 0 Å². The summed E-state index contributed by atoms with van der Waals surface area (Å²) in [6.07, 6.45) is 1.72. The highest BCUT2D eigenvalue weighted by molar-refractivity contribution is 7.82. The molecule has 0 aliphatic rings. The Balaban J connectivity index is 1.94. The van der Waals surface area contributed by atoms with Gasteiger partial charge in [0.15, 0.2) is 7.14 Å². The van der Waals surface area contributed by atoms with E-state index >= 15 is 0 Å². The Morgan fingerprint density at radius 1 is 0.788 bits per heavy atom. The van der Waals surface area contributed by atoms with Gasteiger partial charge in [-0.15, -0.1) is 5.73 Å². The van der Waals surface area contributed by atoms with Gasteiger partial charge in [-0.25, -0.2) is 0 Å². The number of aliphatic hydroxyl groups is 2. The van der Waals surface area contributed by atoms with E-state index in [-0.39, 0.29) is 6.61 Å². The molecule has 0 aromatic heterocycles. The molecular weight excluding hydrogens is 427 g/mol. The molecule has 0 bridgehead atoms. The zero-order valence-corrected chi connectivity index (χ0v) is 18.9. The monoisotopic (exact) mass is 450 g/mol. The molecule has 4 rings (SSSR count). The zero-order chi connectivity index (χ0) is 23.1. The van der Waals surface area contributed by atoms with E-state index in [1.165, 1.54) is 0 Å². The molecule has 0 amide bonds. The first kappa shape index (κ1) is 22.6. The van der Waals surface area contributed by atoms with Crippen LogP contribution in [0.5, 0.6) is 0 Å². The minimum Gasteiger partial charge on any atom is -0.391 e.